The lowest BCUT2D eigenvalue weighted by Gasteiger charge is -2.22. The zero-order valence-corrected chi connectivity index (χ0v) is 18.7. The van der Waals surface area contributed by atoms with Gasteiger partial charge in [-0.2, -0.15) is 4.83 Å². The maximum Gasteiger partial charge on any atom is 0.251 e. The molecule has 1 aliphatic heterocycles. The second kappa shape index (κ2) is 7.85. The quantitative estimate of drug-likeness (QED) is 0.320. The summed E-state index contributed by atoms with van der Waals surface area (Å²) in [5.41, 5.74) is 2.80. The molecule has 3 aliphatic rings. The van der Waals surface area contributed by atoms with Crippen LogP contribution in [0.5, 0.6) is 0 Å². The molecule has 2 aliphatic carbocycles. The van der Waals surface area contributed by atoms with Crippen molar-refractivity contribution in [3.05, 3.63) is 40.9 Å². The van der Waals surface area contributed by atoms with Crippen molar-refractivity contribution < 1.29 is 14.4 Å². The molecule has 1 unspecified atom stereocenters. The van der Waals surface area contributed by atoms with Crippen molar-refractivity contribution in [3.8, 4) is 0 Å². The van der Waals surface area contributed by atoms with E-state index >= 15 is 0 Å². The molecule has 1 atom stereocenters. The minimum atomic E-state index is -1.02. The molecule has 0 bridgehead atoms. The van der Waals surface area contributed by atoms with E-state index in [2.05, 4.69) is 31.5 Å². The molecular weight excluding hydrogens is 416 g/mol. The van der Waals surface area contributed by atoms with Crippen LogP contribution in [0.25, 0.3) is 5.70 Å². The fourth-order valence-corrected chi connectivity index (χ4v) is 4.62. The molecule has 10 heteroatoms. The van der Waals surface area contributed by atoms with Gasteiger partial charge in [0.15, 0.2) is 0 Å². The molecule has 0 radical (unpaired) electrons. The molecule has 3 amide bonds. The molecule has 1 heterocycles. The summed E-state index contributed by atoms with van der Waals surface area (Å²) in [4.78, 5) is 41.0. The zero-order chi connectivity index (χ0) is 22.3. The normalized spacial score (nSPS) is 24.7. The van der Waals surface area contributed by atoms with E-state index in [0.29, 0.717) is 11.4 Å². The van der Waals surface area contributed by atoms with Crippen molar-refractivity contribution in [1.82, 2.24) is 31.5 Å². The number of amides is 3. The Morgan fingerprint density at radius 2 is 1.77 bits per heavy atom. The van der Waals surface area contributed by atoms with Gasteiger partial charge in [-0.05, 0) is 43.7 Å². The Morgan fingerprint density at radius 3 is 2.35 bits per heavy atom. The monoisotopic (exact) mass is 444 g/mol. The van der Waals surface area contributed by atoms with Gasteiger partial charge in [-0.3, -0.25) is 14.4 Å². The first-order valence-electron chi connectivity index (χ1n) is 10.3. The van der Waals surface area contributed by atoms with E-state index in [1.807, 2.05) is 44.2 Å². The van der Waals surface area contributed by atoms with Crippen LogP contribution in [0.4, 0.5) is 0 Å². The lowest BCUT2D eigenvalue weighted by Crippen LogP contribution is -2.55. The Kier molecular flexibility index (Phi) is 5.48. The van der Waals surface area contributed by atoms with E-state index in [-0.39, 0.29) is 24.3 Å². The highest BCUT2D eigenvalue weighted by atomic mass is 32.2. The maximum atomic E-state index is 13.2. The zero-order valence-electron chi connectivity index (χ0n) is 17.8. The first kappa shape index (κ1) is 21.7. The molecule has 0 aromatic heterocycles. The predicted molar refractivity (Wildman–Crippen MR) is 119 cm³/mol. The third-order valence-corrected chi connectivity index (χ3v) is 7.11. The Morgan fingerprint density at radius 1 is 1.10 bits per heavy atom. The number of likely N-dealkylation sites (N-methyl/N-ethyl adjacent to an activating group) is 1. The third kappa shape index (κ3) is 4.02. The van der Waals surface area contributed by atoms with Crippen LogP contribution in [0.15, 0.2) is 35.4 Å². The topological polar surface area (TPSA) is 123 Å². The van der Waals surface area contributed by atoms with E-state index in [0.717, 1.165) is 24.1 Å². The van der Waals surface area contributed by atoms with Crippen molar-refractivity contribution in [2.75, 3.05) is 13.6 Å². The van der Waals surface area contributed by atoms with E-state index in [1.54, 1.807) is 7.05 Å². The lowest BCUT2D eigenvalue weighted by molar-refractivity contribution is -0.131. The second-order valence-corrected chi connectivity index (χ2v) is 9.70. The summed E-state index contributed by atoms with van der Waals surface area (Å²) in [6, 6.07) is 9.66. The summed E-state index contributed by atoms with van der Waals surface area (Å²) in [5, 5.41) is 12.2. The van der Waals surface area contributed by atoms with E-state index in [9.17, 15) is 14.4 Å². The molecule has 9 nitrogen and oxygen atoms in total. The van der Waals surface area contributed by atoms with Gasteiger partial charge in [-0.15, -0.1) is 0 Å². The summed E-state index contributed by atoms with van der Waals surface area (Å²) < 4.78 is 0. The molecular formula is C21H28N6O3S. The highest BCUT2D eigenvalue weighted by Crippen LogP contribution is 2.56. The minimum absolute atomic E-state index is 0.163. The van der Waals surface area contributed by atoms with Crippen LogP contribution in [0.1, 0.15) is 38.7 Å². The Balaban J connectivity index is 1.42. The maximum absolute atomic E-state index is 13.2. The number of benzene rings is 1. The molecule has 6 N–H and O–H groups in total. The van der Waals surface area contributed by atoms with Crippen LogP contribution >= 0.6 is 11.9 Å². The van der Waals surface area contributed by atoms with E-state index in [1.165, 1.54) is 11.9 Å². The van der Waals surface area contributed by atoms with Gasteiger partial charge in [0, 0.05) is 5.56 Å². The van der Waals surface area contributed by atoms with Crippen molar-refractivity contribution in [1.29, 1.82) is 0 Å². The molecule has 166 valence electrons. The predicted octanol–water partition coefficient (Wildman–Crippen LogP) is 0.338. The Hall–Kier alpha value is -2.56. The summed E-state index contributed by atoms with van der Waals surface area (Å²) in [6.07, 6.45) is 2.04. The highest BCUT2D eigenvalue weighted by molar-refractivity contribution is 8.01. The molecule has 4 rings (SSSR count). The summed E-state index contributed by atoms with van der Waals surface area (Å²) in [6.45, 7) is 3.72. The third-order valence-electron chi connectivity index (χ3n) is 6.40. The minimum Gasteiger partial charge on any atom is -0.345 e. The largest absolute Gasteiger partial charge is 0.345 e. The first-order valence-corrected chi connectivity index (χ1v) is 11.1. The van der Waals surface area contributed by atoms with Crippen molar-refractivity contribution in [3.63, 3.8) is 0 Å². The van der Waals surface area contributed by atoms with Crippen molar-refractivity contribution >= 4 is 35.4 Å². The van der Waals surface area contributed by atoms with Gasteiger partial charge in [0.25, 0.3) is 5.91 Å². The van der Waals surface area contributed by atoms with Crippen LogP contribution in [0, 0.1) is 5.41 Å². The summed E-state index contributed by atoms with van der Waals surface area (Å²) in [5.74, 6) is -0.836. The number of hydrogen-bond donors (Lipinski definition) is 6. The molecule has 2 saturated carbocycles. The average molecular weight is 445 g/mol. The second-order valence-electron chi connectivity index (χ2n) is 8.88. The number of hydrazine groups is 1. The van der Waals surface area contributed by atoms with Gasteiger partial charge in [0.2, 0.25) is 11.8 Å². The van der Waals surface area contributed by atoms with Crippen LogP contribution in [0.2, 0.25) is 0 Å². The Labute approximate surface area is 185 Å². The van der Waals surface area contributed by atoms with E-state index < -0.39 is 16.5 Å². The van der Waals surface area contributed by atoms with Crippen molar-refractivity contribution in [2.24, 2.45) is 5.41 Å². The smallest absolute Gasteiger partial charge is 0.251 e. The van der Waals surface area contributed by atoms with Crippen LogP contribution in [-0.4, -0.2) is 42.4 Å². The van der Waals surface area contributed by atoms with E-state index in [4.69, 9.17) is 0 Å². The lowest BCUT2D eigenvalue weighted by atomic mass is 10.0. The number of nitrogens with one attached hydrogen (secondary N) is 6. The van der Waals surface area contributed by atoms with Crippen molar-refractivity contribution in [2.45, 2.75) is 44.2 Å². The standard InChI is InChI=1S/C21H28N6O3S/c1-19(2)12-21(19,25-14(28)11-23-17(29)20(22-3)9-10-20)18(30)24-16-15(26-27-31-16)13-7-5-4-6-8-13/h4-8,22,26-27H,9-12H2,1-3H3,(H,23,29)(H,24,30)(H,25,28). The number of rotatable bonds is 8. The van der Waals surface area contributed by atoms with Gasteiger partial charge in [0.1, 0.15) is 10.6 Å². The number of hydrogen-bond acceptors (Lipinski definition) is 7. The van der Waals surface area contributed by atoms with Gasteiger partial charge >= 0.3 is 0 Å². The fraction of sp³-hybridized carbons (Fsp3) is 0.476. The molecule has 1 aromatic rings. The van der Waals surface area contributed by atoms with Gasteiger partial charge < -0.3 is 26.7 Å². The van der Waals surface area contributed by atoms with Crippen LogP contribution in [-0.2, 0) is 14.4 Å². The molecule has 1 aromatic carbocycles. The van der Waals surface area contributed by atoms with Gasteiger partial charge in [-0.1, -0.05) is 44.2 Å². The molecule has 0 saturated heterocycles. The number of carbonyl (C=O) groups excluding carboxylic acids is 3. The molecule has 0 spiro atoms. The van der Waals surface area contributed by atoms with Crippen LogP contribution in [0.3, 0.4) is 0 Å². The summed E-state index contributed by atoms with van der Waals surface area (Å²) in [7, 11) is 1.74. The highest BCUT2D eigenvalue weighted by Gasteiger charge is 2.67. The first-order chi connectivity index (χ1) is 14.7. The summed E-state index contributed by atoms with van der Waals surface area (Å²) >= 11 is 1.27. The fourth-order valence-electron chi connectivity index (χ4n) is 3.95. The molecule has 31 heavy (non-hydrogen) atoms. The van der Waals surface area contributed by atoms with Gasteiger partial charge in [-0.25, -0.2) is 0 Å². The van der Waals surface area contributed by atoms with Gasteiger partial charge in [0.05, 0.1) is 17.8 Å². The average Bonchev–Trinajstić information content (AvgIpc) is 3.59. The van der Waals surface area contributed by atoms with Crippen LogP contribution < -0.4 is 31.5 Å². The number of carbonyl (C=O) groups is 3. The Bertz CT molecular complexity index is 944. The molecule has 2 fully saturated rings. The SMILES string of the molecule is CNC1(C(=O)NCC(=O)NC2(C(=O)NC3=C(c4ccccc4)NNS3)CC2(C)C)CC1.